The Kier molecular flexibility index (Phi) is 3.12. The highest BCUT2D eigenvalue weighted by atomic mass is 32.3. The number of fused-ring (bicyclic) bond motifs is 3. The summed E-state index contributed by atoms with van der Waals surface area (Å²) in [5, 5.41) is 9.16. The van der Waals surface area contributed by atoms with E-state index in [0.717, 1.165) is 0 Å². The molecule has 0 aliphatic heterocycles. The van der Waals surface area contributed by atoms with Gasteiger partial charge < -0.3 is 19.6 Å². The van der Waals surface area contributed by atoms with Crippen molar-refractivity contribution in [2.75, 3.05) is 5.73 Å². The first kappa shape index (κ1) is 14.4. The average Bonchev–Trinajstić information content (AvgIpc) is 2.73. The second-order valence-electron chi connectivity index (χ2n) is 4.50. The van der Waals surface area contributed by atoms with Crippen molar-refractivity contribution in [3.05, 3.63) is 18.0 Å². The van der Waals surface area contributed by atoms with Gasteiger partial charge in [-0.3, -0.25) is 4.55 Å². The molecular formula is C11H11N5O5S. The highest BCUT2D eigenvalue weighted by molar-refractivity contribution is 7.81. The minimum Gasteiger partial charge on any atom is -0.390 e. The molecule has 0 radical (unpaired) electrons. The van der Waals surface area contributed by atoms with E-state index in [1.807, 2.05) is 0 Å². The third-order valence-electron chi connectivity index (χ3n) is 3.08. The predicted octanol–water partition coefficient (Wildman–Crippen LogP) is -0.227. The van der Waals surface area contributed by atoms with Crippen LogP contribution in [0, 0.1) is 0 Å². The molecule has 0 saturated heterocycles. The summed E-state index contributed by atoms with van der Waals surface area (Å²) in [5.74, 6) is -0.0403. The molecule has 10 nitrogen and oxygen atoms in total. The Morgan fingerprint density at radius 1 is 1.32 bits per heavy atom. The lowest BCUT2D eigenvalue weighted by atomic mass is 10.2. The van der Waals surface area contributed by atoms with E-state index in [1.54, 1.807) is 7.05 Å². The molecule has 0 bridgehead atoms. The summed E-state index contributed by atoms with van der Waals surface area (Å²) in [5.41, 5.74) is 7.09. The zero-order valence-electron chi connectivity index (χ0n) is 11.3. The van der Waals surface area contributed by atoms with Gasteiger partial charge in [-0.15, -0.1) is 0 Å². The van der Waals surface area contributed by atoms with E-state index in [1.165, 1.54) is 16.8 Å². The van der Waals surface area contributed by atoms with Gasteiger partial charge in [0.1, 0.15) is 16.6 Å². The van der Waals surface area contributed by atoms with E-state index < -0.39 is 10.4 Å². The van der Waals surface area contributed by atoms with E-state index in [0.29, 0.717) is 11.0 Å². The maximum absolute atomic E-state index is 11.0. The first-order chi connectivity index (χ1) is 10.3. The molecule has 11 heteroatoms. The number of aromatic nitrogens is 4. The monoisotopic (exact) mass is 325 g/mol. The van der Waals surface area contributed by atoms with Crippen molar-refractivity contribution in [2.24, 2.45) is 7.05 Å². The number of anilines is 1. The molecule has 116 valence electrons. The van der Waals surface area contributed by atoms with Gasteiger partial charge in [0.15, 0.2) is 5.75 Å². The maximum atomic E-state index is 11.0. The molecule has 4 N–H and O–H groups in total. The fraction of sp³-hybridized carbons (Fsp3) is 0.182. The highest BCUT2D eigenvalue weighted by Gasteiger charge is 2.19. The molecule has 2 aromatic heterocycles. The summed E-state index contributed by atoms with van der Waals surface area (Å²) in [4.78, 5) is 12.3. The molecule has 22 heavy (non-hydrogen) atoms. The number of rotatable bonds is 3. The summed E-state index contributed by atoms with van der Waals surface area (Å²) in [6.07, 6.45) is 1.26. The minimum absolute atomic E-state index is 0.0698. The van der Waals surface area contributed by atoms with Crippen molar-refractivity contribution in [2.45, 2.75) is 6.61 Å². The number of imidazole rings is 1. The Morgan fingerprint density at radius 3 is 2.68 bits per heavy atom. The van der Waals surface area contributed by atoms with Gasteiger partial charge >= 0.3 is 10.4 Å². The average molecular weight is 325 g/mol. The van der Waals surface area contributed by atoms with E-state index in [2.05, 4.69) is 19.1 Å². The Balaban J connectivity index is 2.45. The number of aliphatic hydroxyl groups excluding tert-OH is 1. The summed E-state index contributed by atoms with van der Waals surface area (Å²) >= 11 is 0. The zero-order chi connectivity index (χ0) is 16.1. The van der Waals surface area contributed by atoms with Crippen LogP contribution in [0.15, 0.2) is 12.3 Å². The summed E-state index contributed by atoms with van der Waals surface area (Å²) < 4.78 is 36.9. The number of benzene rings is 1. The Labute approximate surface area is 124 Å². The molecule has 0 amide bonds. The Morgan fingerprint density at radius 2 is 2.05 bits per heavy atom. The zero-order valence-corrected chi connectivity index (χ0v) is 12.1. The normalized spacial score (nSPS) is 12.1. The van der Waals surface area contributed by atoms with E-state index in [-0.39, 0.29) is 35.0 Å². The molecular weight excluding hydrogens is 314 g/mol. The molecule has 0 fully saturated rings. The molecule has 3 rings (SSSR count). The van der Waals surface area contributed by atoms with Crippen LogP contribution in [0.1, 0.15) is 5.69 Å². The Bertz CT molecular complexity index is 997. The van der Waals surface area contributed by atoms with Crippen LogP contribution in [0.2, 0.25) is 0 Å². The van der Waals surface area contributed by atoms with Crippen LogP contribution in [-0.4, -0.2) is 37.6 Å². The molecule has 3 aromatic rings. The Hall–Kier alpha value is -2.50. The summed E-state index contributed by atoms with van der Waals surface area (Å²) in [7, 11) is -3.12. The van der Waals surface area contributed by atoms with Gasteiger partial charge in [0.05, 0.1) is 24.0 Å². The van der Waals surface area contributed by atoms with Crippen molar-refractivity contribution in [3.63, 3.8) is 0 Å². The largest absolute Gasteiger partial charge is 0.446 e. The van der Waals surface area contributed by atoms with Crippen molar-refractivity contribution >= 4 is 38.4 Å². The number of aliphatic hydroxyl groups is 1. The van der Waals surface area contributed by atoms with E-state index in [9.17, 15) is 8.42 Å². The van der Waals surface area contributed by atoms with Crippen LogP contribution in [0.4, 0.5) is 5.95 Å². The number of hydrogen-bond donors (Lipinski definition) is 3. The lowest BCUT2D eigenvalue weighted by Gasteiger charge is -2.07. The molecule has 1 aromatic carbocycles. The van der Waals surface area contributed by atoms with Gasteiger partial charge in [-0.2, -0.15) is 8.42 Å². The number of nitrogens with two attached hydrogens (primary N) is 1. The van der Waals surface area contributed by atoms with Gasteiger partial charge in [0.2, 0.25) is 5.95 Å². The molecule has 2 heterocycles. The number of nitrogen functional groups attached to an aromatic ring is 1. The second kappa shape index (κ2) is 4.76. The molecule has 0 aliphatic carbocycles. The van der Waals surface area contributed by atoms with Crippen molar-refractivity contribution in [1.82, 2.24) is 19.5 Å². The SMILES string of the molecule is Cn1c(N)nc2c3nc(CO)cnc3c(OS(=O)(=O)O)cc21. The minimum atomic E-state index is -4.74. The van der Waals surface area contributed by atoms with Gasteiger partial charge in [-0.25, -0.2) is 15.0 Å². The first-order valence-corrected chi connectivity index (χ1v) is 7.35. The maximum Gasteiger partial charge on any atom is 0.446 e. The number of hydrogen-bond acceptors (Lipinski definition) is 8. The lowest BCUT2D eigenvalue weighted by molar-refractivity contribution is 0.277. The smallest absolute Gasteiger partial charge is 0.390 e. The lowest BCUT2D eigenvalue weighted by Crippen LogP contribution is -2.08. The molecule has 0 spiro atoms. The van der Waals surface area contributed by atoms with Crippen LogP contribution in [0.5, 0.6) is 5.75 Å². The molecule has 0 unspecified atom stereocenters. The van der Waals surface area contributed by atoms with Crippen LogP contribution in [-0.2, 0) is 24.1 Å². The first-order valence-electron chi connectivity index (χ1n) is 5.98. The number of aryl methyl sites for hydroxylation is 1. The van der Waals surface area contributed by atoms with Gasteiger partial charge in [0, 0.05) is 13.1 Å². The molecule has 0 saturated carbocycles. The van der Waals surface area contributed by atoms with E-state index in [4.69, 9.17) is 15.4 Å². The number of nitrogens with zero attached hydrogens (tertiary/aromatic N) is 4. The van der Waals surface area contributed by atoms with E-state index >= 15 is 0 Å². The fourth-order valence-corrected chi connectivity index (χ4v) is 2.44. The topological polar surface area (TPSA) is 153 Å². The molecule has 0 aliphatic rings. The van der Waals surface area contributed by atoms with Crippen LogP contribution in [0.25, 0.3) is 22.1 Å². The van der Waals surface area contributed by atoms with Gasteiger partial charge in [-0.1, -0.05) is 0 Å². The summed E-state index contributed by atoms with van der Waals surface area (Å²) in [6, 6.07) is 1.34. The predicted molar refractivity (Wildman–Crippen MR) is 76.3 cm³/mol. The van der Waals surface area contributed by atoms with Gasteiger partial charge in [-0.05, 0) is 0 Å². The van der Waals surface area contributed by atoms with Crippen LogP contribution in [0.3, 0.4) is 0 Å². The van der Waals surface area contributed by atoms with Crippen molar-refractivity contribution in [1.29, 1.82) is 0 Å². The van der Waals surface area contributed by atoms with Crippen LogP contribution < -0.4 is 9.92 Å². The third kappa shape index (κ3) is 2.30. The fourth-order valence-electron chi connectivity index (χ4n) is 2.09. The highest BCUT2D eigenvalue weighted by Crippen LogP contribution is 2.32. The van der Waals surface area contributed by atoms with Crippen molar-refractivity contribution < 1.29 is 22.3 Å². The molecule has 0 atom stereocenters. The van der Waals surface area contributed by atoms with Gasteiger partial charge in [0.25, 0.3) is 0 Å². The third-order valence-corrected chi connectivity index (χ3v) is 3.47. The van der Waals surface area contributed by atoms with Crippen LogP contribution >= 0.6 is 0 Å². The standard InChI is InChI=1S/C11H11N5O5S/c1-16-6-2-7(21-22(18,19)20)9-10(8(6)15-11(16)12)14-5(4-17)3-13-9/h2-3,17H,4H2,1H3,(H2,12,15)(H,18,19,20). The quantitative estimate of drug-likeness (QED) is 0.554. The summed E-state index contributed by atoms with van der Waals surface area (Å²) in [6.45, 7) is -0.351. The van der Waals surface area contributed by atoms with Crippen molar-refractivity contribution in [3.8, 4) is 5.75 Å². The second-order valence-corrected chi connectivity index (χ2v) is 5.52.